The Morgan fingerprint density at radius 1 is 0.833 bits per heavy atom. The number of amides is 1. The minimum Gasteiger partial charge on any atom is -0.338 e. The van der Waals surface area contributed by atoms with E-state index in [0.717, 1.165) is 12.8 Å². The predicted octanol–water partition coefficient (Wildman–Crippen LogP) is -0.0246. The van der Waals surface area contributed by atoms with E-state index in [4.69, 9.17) is 27.9 Å². The van der Waals surface area contributed by atoms with Crippen LogP contribution in [0.25, 0.3) is 0 Å². The van der Waals surface area contributed by atoms with Crippen molar-refractivity contribution in [3.05, 3.63) is 54.2 Å². The Labute approximate surface area is 244 Å². The Morgan fingerprint density at radius 3 is 1.88 bits per heavy atom. The lowest BCUT2D eigenvalue weighted by molar-refractivity contribution is -0.117. The molecule has 3 aromatic rings. The molecule has 1 aromatic carbocycles. The number of nitrogens with zero attached hydrogens (tertiary/aromatic N) is 7. The molecule has 0 spiro atoms. The first kappa shape index (κ1) is 29.3. The van der Waals surface area contributed by atoms with E-state index in [9.17, 15) is 9.59 Å². The number of rotatable bonds is 8. The lowest BCUT2D eigenvalue weighted by Crippen LogP contribution is -2.54. The molecule has 2 aliphatic rings. The number of piperidine rings is 2. The largest absolute Gasteiger partial charge is 0.338 e. The zero-order valence-corrected chi connectivity index (χ0v) is 23.6. The molecular formula is C28H38N12O2. The van der Waals surface area contributed by atoms with Crippen molar-refractivity contribution in [2.24, 2.45) is 22.9 Å². The highest BCUT2D eigenvalue weighted by molar-refractivity contribution is 6.11. The van der Waals surface area contributed by atoms with E-state index in [1.54, 1.807) is 55.7 Å². The fraction of sp³-hybridized carbons (Fsp3) is 0.429. The number of aromatic nitrogens is 4. The van der Waals surface area contributed by atoms with Gasteiger partial charge in [0.05, 0.1) is 6.42 Å². The number of carbonyl (C=O) groups excluding carboxylic acids is 2. The minimum absolute atomic E-state index is 0.0945. The summed E-state index contributed by atoms with van der Waals surface area (Å²) >= 11 is 0. The van der Waals surface area contributed by atoms with E-state index in [-0.39, 0.29) is 42.3 Å². The Bertz CT molecular complexity index is 1330. The van der Waals surface area contributed by atoms with Crippen LogP contribution in [0.15, 0.2) is 48.7 Å². The van der Waals surface area contributed by atoms with Crippen LogP contribution in [0.5, 0.6) is 0 Å². The summed E-state index contributed by atoms with van der Waals surface area (Å²) in [5.41, 5.74) is 26.0. The van der Waals surface area contributed by atoms with Crippen LogP contribution in [0, 0.1) is 0 Å². The zero-order valence-electron chi connectivity index (χ0n) is 23.6. The third-order valence-electron chi connectivity index (χ3n) is 7.35. The molecule has 4 unspecified atom stereocenters. The van der Waals surface area contributed by atoms with Crippen LogP contribution >= 0.6 is 0 Å². The van der Waals surface area contributed by atoms with Crippen molar-refractivity contribution in [1.82, 2.24) is 19.9 Å². The fourth-order valence-corrected chi connectivity index (χ4v) is 5.28. The van der Waals surface area contributed by atoms with Crippen LogP contribution in [0.1, 0.15) is 29.6 Å². The summed E-state index contributed by atoms with van der Waals surface area (Å²) in [5, 5.41) is 3.22. The maximum absolute atomic E-state index is 12.8. The number of ketones is 1. The number of hydrogen-bond donors (Lipinski definition) is 5. The molecule has 2 aromatic heterocycles. The van der Waals surface area contributed by atoms with Crippen molar-refractivity contribution < 1.29 is 9.59 Å². The minimum atomic E-state index is -0.347. The molecule has 0 radical (unpaired) electrons. The van der Waals surface area contributed by atoms with E-state index in [1.807, 2.05) is 9.80 Å². The summed E-state index contributed by atoms with van der Waals surface area (Å²) in [6.07, 6.45) is 2.77. The van der Waals surface area contributed by atoms with Crippen molar-refractivity contribution in [1.29, 1.82) is 0 Å². The third-order valence-corrected chi connectivity index (χ3v) is 7.35. The van der Waals surface area contributed by atoms with Gasteiger partial charge in [-0.15, -0.1) is 0 Å². The summed E-state index contributed by atoms with van der Waals surface area (Å²) in [6, 6.07) is 11.7. The standard InChI is InChI=1S/C28H38N12O2/c1-38(24-4-2-3-9-33-24)25(42)12-23(41)17-5-7-22(8-6-17)34-26-35-27(39-13-18(29)10-19(30)14-39)37-28(36-26)40-15-20(31)11-21(32)16-40/h2-9,18-21H,10-16,29-32H2,1H3,(H,34,35,36,37). The lowest BCUT2D eigenvalue weighted by Gasteiger charge is -2.37. The molecule has 4 heterocycles. The first-order chi connectivity index (χ1) is 20.1. The highest BCUT2D eigenvalue weighted by Gasteiger charge is 2.29. The molecule has 9 N–H and O–H groups in total. The quantitative estimate of drug-likeness (QED) is 0.177. The van der Waals surface area contributed by atoms with E-state index < -0.39 is 0 Å². The second-order valence-electron chi connectivity index (χ2n) is 11.0. The molecule has 14 nitrogen and oxygen atoms in total. The number of anilines is 5. The molecular weight excluding hydrogens is 536 g/mol. The van der Waals surface area contributed by atoms with Crippen LogP contribution in [0.3, 0.4) is 0 Å². The van der Waals surface area contributed by atoms with Gasteiger partial charge in [0, 0.05) is 74.8 Å². The van der Waals surface area contributed by atoms with Crippen molar-refractivity contribution in [3.63, 3.8) is 0 Å². The lowest BCUT2D eigenvalue weighted by atomic mass is 10.0. The molecule has 2 fully saturated rings. The van der Waals surface area contributed by atoms with Gasteiger partial charge in [-0.05, 0) is 49.2 Å². The normalized spacial score (nSPS) is 22.5. The van der Waals surface area contributed by atoms with Crippen molar-refractivity contribution in [3.8, 4) is 0 Å². The number of carbonyl (C=O) groups is 2. The van der Waals surface area contributed by atoms with Gasteiger partial charge in [0.15, 0.2) is 5.78 Å². The third kappa shape index (κ3) is 7.15. The van der Waals surface area contributed by atoms with E-state index in [1.165, 1.54) is 4.90 Å². The molecule has 42 heavy (non-hydrogen) atoms. The van der Waals surface area contributed by atoms with Gasteiger partial charge >= 0.3 is 0 Å². The molecule has 4 atom stereocenters. The van der Waals surface area contributed by atoms with Crippen LogP contribution in [0.2, 0.25) is 0 Å². The topological polar surface area (TPSA) is 212 Å². The van der Waals surface area contributed by atoms with Crippen LogP contribution in [0.4, 0.5) is 29.4 Å². The van der Waals surface area contributed by atoms with E-state index >= 15 is 0 Å². The van der Waals surface area contributed by atoms with Gasteiger partial charge in [0.2, 0.25) is 23.8 Å². The maximum Gasteiger partial charge on any atom is 0.235 e. The fourth-order valence-electron chi connectivity index (χ4n) is 5.28. The predicted molar refractivity (Wildman–Crippen MR) is 162 cm³/mol. The number of benzene rings is 1. The van der Waals surface area contributed by atoms with Crippen molar-refractivity contribution >= 4 is 41.0 Å². The van der Waals surface area contributed by atoms with Gasteiger partial charge in [-0.2, -0.15) is 15.0 Å². The smallest absolute Gasteiger partial charge is 0.235 e. The van der Waals surface area contributed by atoms with Gasteiger partial charge in [0.25, 0.3) is 0 Å². The maximum atomic E-state index is 12.8. The Balaban J connectivity index is 1.32. The summed E-state index contributed by atoms with van der Waals surface area (Å²) in [7, 11) is 1.60. The molecule has 0 aliphatic carbocycles. The van der Waals surface area contributed by atoms with Gasteiger partial charge in [0.1, 0.15) is 5.82 Å². The SMILES string of the molecule is CN(C(=O)CC(=O)c1ccc(Nc2nc(N3CC(N)CC(N)C3)nc(N3CC(N)CC(N)C3)n2)cc1)c1ccccn1. The van der Waals surface area contributed by atoms with Gasteiger partial charge in [-0.25, -0.2) is 4.98 Å². The highest BCUT2D eigenvalue weighted by atomic mass is 16.2. The van der Waals surface area contributed by atoms with Crippen molar-refractivity contribution in [2.75, 3.05) is 53.2 Å². The van der Waals surface area contributed by atoms with E-state index in [0.29, 0.717) is 61.1 Å². The summed E-state index contributed by atoms with van der Waals surface area (Å²) in [6.45, 7) is 2.28. The monoisotopic (exact) mass is 574 g/mol. The molecule has 5 rings (SSSR count). The van der Waals surface area contributed by atoms with Crippen LogP contribution in [-0.2, 0) is 4.79 Å². The Hall–Kier alpha value is -4.24. The second-order valence-corrected chi connectivity index (χ2v) is 11.0. The Morgan fingerprint density at radius 2 is 1.38 bits per heavy atom. The molecule has 2 aliphatic heterocycles. The van der Waals surface area contributed by atoms with Gasteiger partial charge in [-0.1, -0.05) is 6.07 Å². The summed E-state index contributed by atoms with van der Waals surface area (Å²) < 4.78 is 0. The first-order valence-corrected chi connectivity index (χ1v) is 14.0. The molecule has 0 saturated carbocycles. The number of pyridine rings is 1. The molecule has 0 bridgehead atoms. The van der Waals surface area contributed by atoms with Crippen molar-refractivity contribution in [2.45, 2.75) is 43.4 Å². The van der Waals surface area contributed by atoms with Gasteiger partial charge in [-0.3, -0.25) is 14.5 Å². The van der Waals surface area contributed by atoms with Crippen LogP contribution in [-0.4, -0.2) is 89.0 Å². The second kappa shape index (κ2) is 12.7. The molecule has 1 amide bonds. The average molecular weight is 575 g/mol. The van der Waals surface area contributed by atoms with Gasteiger partial charge < -0.3 is 38.1 Å². The summed E-state index contributed by atoms with van der Waals surface area (Å²) in [5.74, 6) is 1.08. The number of nitrogens with two attached hydrogens (primary N) is 4. The Kier molecular flexibility index (Phi) is 8.87. The number of Topliss-reactive ketones (excluding diaryl/α,β-unsaturated/α-hetero) is 1. The summed E-state index contributed by atoms with van der Waals surface area (Å²) in [4.78, 5) is 49.0. The molecule has 222 valence electrons. The highest BCUT2D eigenvalue weighted by Crippen LogP contribution is 2.24. The zero-order chi connectivity index (χ0) is 29.8. The number of nitrogens with one attached hydrogen (secondary N) is 1. The van der Waals surface area contributed by atoms with Crippen LogP contribution < -0.4 is 43.0 Å². The molecule has 2 saturated heterocycles. The molecule has 14 heteroatoms. The first-order valence-electron chi connectivity index (χ1n) is 14.0. The van der Waals surface area contributed by atoms with E-state index in [2.05, 4.69) is 20.3 Å². The average Bonchev–Trinajstić information content (AvgIpc) is 2.96. The number of hydrogen-bond acceptors (Lipinski definition) is 13.